The lowest BCUT2D eigenvalue weighted by Crippen LogP contribution is -2.66. The van der Waals surface area contributed by atoms with Gasteiger partial charge in [-0.3, -0.25) is 43.7 Å². The minimum atomic E-state index is -1.55. The Morgan fingerprint density at radius 1 is 0.813 bits per heavy atom. The molecule has 3 aromatic rings. The molecule has 21 nitrogen and oxygen atoms in total. The van der Waals surface area contributed by atoms with Crippen LogP contribution in [0.2, 0.25) is 0 Å². The number of carbonyl (C=O) groups is 7. The number of aromatic hydroxyl groups is 1. The van der Waals surface area contributed by atoms with Crippen molar-refractivity contribution in [1.82, 2.24) is 40.5 Å². The number of phenols is 1. The Morgan fingerprint density at radius 3 is 2.03 bits per heavy atom. The largest absolute Gasteiger partial charge is 0.502 e. The number of carbonyl (C=O) groups excluding carboxylic acids is 7. The standard InChI is InChI=1S/C54H75N9O12/c1-12-14-18-37-46(66)58-39(27-35-28-61(54(9,13-2)29-64)40-19-16-15-17-36(35)40)52(72)59(10)42(22-30(3)4)48(68)57-38(25-34-20-21-45(65)41(26-34)63(74)75)47(67)55-33(8)51(71)60(11)44-24-32(7)50(70)62(53(44)73)43(23-31(5)6)49(69)56-37/h12-17,19-21,26,28,30-33,37-39,42-44,50,64-65,70H,2,18,22-25,27,29H2,1,3-11H3,(H,55,67)(H,56,69)(H,57,68)(H,58,66)/t32-,33-,37-,38-,39-,42-,43-,44-,50+,54+/m0/s1. The van der Waals surface area contributed by atoms with Crippen molar-refractivity contribution in [3.05, 3.63) is 94.7 Å². The van der Waals surface area contributed by atoms with Crippen LogP contribution in [-0.4, -0.2) is 150 Å². The Balaban J connectivity index is 1.72. The van der Waals surface area contributed by atoms with Gasteiger partial charge in [0, 0.05) is 56.0 Å². The predicted octanol–water partition coefficient (Wildman–Crippen LogP) is 3.17. The third-order valence-electron chi connectivity index (χ3n) is 14.3. The summed E-state index contributed by atoms with van der Waals surface area (Å²) in [6, 6.07) is 1.14. The Morgan fingerprint density at radius 2 is 1.41 bits per heavy atom. The summed E-state index contributed by atoms with van der Waals surface area (Å²) in [4.78, 5) is 118. The number of amides is 7. The Kier molecular flexibility index (Phi) is 19.5. The van der Waals surface area contributed by atoms with Crippen molar-refractivity contribution in [2.75, 3.05) is 20.7 Å². The van der Waals surface area contributed by atoms with Crippen molar-refractivity contribution in [3.63, 3.8) is 0 Å². The molecule has 2 saturated heterocycles. The van der Waals surface area contributed by atoms with E-state index in [4.69, 9.17) is 0 Å². The average molecular weight is 1040 g/mol. The summed E-state index contributed by atoms with van der Waals surface area (Å²) in [6.07, 6.45) is 4.61. The maximum atomic E-state index is 15.3. The second kappa shape index (κ2) is 24.9. The number of likely N-dealkylation sites (N-methyl/N-ethyl adjacent to an activating group) is 2. The topological polar surface area (TPSA) is 286 Å². The van der Waals surface area contributed by atoms with Crippen LogP contribution in [0.1, 0.15) is 92.2 Å². The molecule has 2 bridgehead atoms. The van der Waals surface area contributed by atoms with Crippen molar-refractivity contribution in [3.8, 4) is 5.75 Å². The van der Waals surface area contributed by atoms with Crippen LogP contribution in [-0.2, 0) is 51.9 Å². The second-order valence-electron chi connectivity index (χ2n) is 21.0. The van der Waals surface area contributed by atoms with E-state index in [2.05, 4.69) is 27.8 Å². The van der Waals surface area contributed by atoms with Crippen LogP contribution in [0.25, 0.3) is 10.9 Å². The highest BCUT2D eigenvalue weighted by Gasteiger charge is 2.48. The smallest absolute Gasteiger partial charge is 0.310 e. The van der Waals surface area contributed by atoms with E-state index in [0.29, 0.717) is 16.5 Å². The highest BCUT2D eigenvalue weighted by molar-refractivity contribution is 5.99. The lowest BCUT2D eigenvalue weighted by Gasteiger charge is -2.46. The Hall–Kier alpha value is -7.13. The van der Waals surface area contributed by atoms with E-state index < -0.39 is 118 Å². The Bertz CT molecular complexity index is 2670. The number of hydrogen-bond donors (Lipinski definition) is 7. The molecule has 0 radical (unpaired) electrons. The summed E-state index contributed by atoms with van der Waals surface area (Å²) in [5.41, 5.74) is -0.268. The molecule has 3 heterocycles. The molecule has 75 heavy (non-hydrogen) atoms. The van der Waals surface area contributed by atoms with Crippen LogP contribution < -0.4 is 21.3 Å². The molecule has 1 aromatic heterocycles. The lowest BCUT2D eigenvalue weighted by molar-refractivity contribution is -0.385. The molecular weight excluding hydrogens is 967 g/mol. The third-order valence-corrected chi connectivity index (χ3v) is 14.3. The zero-order chi connectivity index (χ0) is 55.8. The number of allylic oxidation sites excluding steroid dienone is 1. The van der Waals surface area contributed by atoms with Gasteiger partial charge < -0.3 is 55.9 Å². The van der Waals surface area contributed by atoms with Crippen LogP contribution in [0.4, 0.5) is 5.69 Å². The van der Waals surface area contributed by atoms with Crippen LogP contribution >= 0.6 is 0 Å². The predicted molar refractivity (Wildman–Crippen MR) is 280 cm³/mol. The summed E-state index contributed by atoms with van der Waals surface area (Å²) in [7, 11) is 2.74. The number of benzene rings is 2. The molecule has 5 rings (SSSR count). The van der Waals surface area contributed by atoms with Crippen LogP contribution in [0.5, 0.6) is 5.75 Å². The van der Waals surface area contributed by atoms with Gasteiger partial charge in [-0.2, -0.15) is 0 Å². The van der Waals surface area contributed by atoms with Crippen LogP contribution in [0, 0.1) is 27.9 Å². The van der Waals surface area contributed by atoms with Gasteiger partial charge in [-0.1, -0.05) is 77.1 Å². The summed E-state index contributed by atoms with van der Waals surface area (Å²) in [6.45, 7) is 17.4. The molecule has 0 saturated carbocycles. The van der Waals surface area contributed by atoms with Crippen molar-refractivity contribution in [2.45, 2.75) is 148 Å². The second-order valence-corrected chi connectivity index (χ2v) is 21.0. The molecule has 2 aliphatic rings. The van der Waals surface area contributed by atoms with Gasteiger partial charge in [-0.25, -0.2) is 0 Å². The summed E-state index contributed by atoms with van der Waals surface area (Å²) < 4.78 is 1.82. The minimum Gasteiger partial charge on any atom is -0.502 e. The maximum absolute atomic E-state index is 15.3. The molecule has 0 spiro atoms. The first-order chi connectivity index (χ1) is 35.3. The SMILES string of the molecule is C=C[C@](C)(CO)n1cc(C[C@@H]2NC(=O)[C@H](CC=CC)NC(=O)[C@H](CC(C)C)N3C(=O)[C@H](C[C@H](C)[C@H]3O)N(C)C(=O)[C@H](C)NC(=O)[C@H](Cc3ccc(O)c([N+](=O)[O-])c3)NC(=O)[C@H](CC(C)C)N(C)C2=O)c2ccccc21. The van der Waals surface area contributed by atoms with Crippen molar-refractivity contribution in [1.29, 1.82) is 0 Å². The number of rotatable bonds is 14. The molecule has 408 valence electrons. The van der Waals surface area contributed by atoms with E-state index in [-0.39, 0.29) is 62.5 Å². The third kappa shape index (κ3) is 13.4. The number of aromatic nitrogens is 1. The molecule has 21 heteroatoms. The number of phenolic OH excluding ortho intramolecular Hbond substituents is 1. The number of nitrogens with one attached hydrogen (secondary N) is 4. The number of nitro benzene ring substituents is 1. The van der Waals surface area contributed by atoms with Gasteiger partial charge in [0.25, 0.3) is 0 Å². The summed E-state index contributed by atoms with van der Waals surface area (Å²) in [5, 5.41) is 56.2. The van der Waals surface area contributed by atoms with E-state index in [1.807, 2.05) is 50.5 Å². The number of nitrogens with zero attached hydrogens (tertiary/aromatic N) is 5. The number of piperidine rings is 1. The molecule has 2 aliphatic heterocycles. The first-order valence-electron chi connectivity index (χ1n) is 25.4. The molecule has 7 amide bonds. The van der Waals surface area contributed by atoms with Gasteiger partial charge in [0.05, 0.1) is 17.1 Å². The molecular formula is C54H75N9O12. The van der Waals surface area contributed by atoms with Crippen molar-refractivity contribution < 1.29 is 53.8 Å². The van der Waals surface area contributed by atoms with Gasteiger partial charge in [-0.15, -0.1) is 6.58 Å². The summed E-state index contributed by atoms with van der Waals surface area (Å²) >= 11 is 0. The van der Waals surface area contributed by atoms with E-state index in [1.54, 1.807) is 51.3 Å². The fourth-order valence-electron chi connectivity index (χ4n) is 9.82. The van der Waals surface area contributed by atoms with Gasteiger partial charge in [0.1, 0.15) is 48.5 Å². The molecule has 0 unspecified atom stereocenters. The van der Waals surface area contributed by atoms with Gasteiger partial charge in [-0.05, 0) is 81.5 Å². The fraction of sp³-hybridized carbons (Fsp3) is 0.537. The number of aliphatic hydroxyl groups is 2. The van der Waals surface area contributed by atoms with Crippen LogP contribution in [0.3, 0.4) is 0 Å². The van der Waals surface area contributed by atoms with Gasteiger partial charge in [0.15, 0.2) is 5.75 Å². The van der Waals surface area contributed by atoms with Crippen LogP contribution in [0.15, 0.2) is 73.5 Å². The number of hydrogen-bond acceptors (Lipinski definition) is 12. The molecule has 0 aliphatic carbocycles. The Labute approximate surface area is 437 Å². The minimum absolute atomic E-state index is 0.0221. The number of nitro groups is 1. The van der Waals surface area contributed by atoms with E-state index >= 15 is 4.79 Å². The highest BCUT2D eigenvalue weighted by atomic mass is 16.6. The zero-order valence-electron chi connectivity index (χ0n) is 44.6. The van der Waals surface area contributed by atoms with E-state index in [0.717, 1.165) is 21.9 Å². The fourth-order valence-corrected chi connectivity index (χ4v) is 9.82. The van der Waals surface area contributed by atoms with E-state index in [1.165, 1.54) is 32.0 Å². The quantitative estimate of drug-likeness (QED) is 0.0697. The van der Waals surface area contributed by atoms with Gasteiger partial charge >= 0.3 is 5.69 Å². The normalized spacial score (nSPS) is 26.0. The molecule has 2 fully saturated rings. The first-order valence-corrected chi connectivity index (χ1v) is 25.4. The first kappa shape index (κ1) is 58.8. The lowest BCUT2D eigenvalue weighted by atomic mass is 9.89. The number of fused-ring (bicyclic) bond motifs is 3. The van der Waals surface area contributed by atoms with Gasteiger partial charge in [0.2, 0.25) is 41.4 Å². The molecule has 7 N–H and O–H groups in total. The summed E-state index contributed by atoms with van der Waals surface area (Å²) in [5.74, 6) is -7.33. The molecule has 10 atom stereocenters. The number of aliphatic hydroxyl groups excluding tert-OH is 2. The molecule has 2 aromatic carbocycles. The number of para-hydroxylation sites is 1. The highest BCUT2D eigenvalue weighted by Crippen LogP contribution is 2.33. The maximum Gasteiger partial charge on any atom is 0.310 e. The van der Waals surface area contributed by atoms with E-state index in [9.17, 15) is 54.2 Å². The average Bonchev–Trinajstić information content (AvgIpc) is 3.74. The van der Waals surface area contributed by atoms with Crippen molar-refractivity contribution in [2.24, 2.45) is 17.8 Å². The van der Waals surface area contributed by atoms with Crippen molar-refractivity contribution >= 4 is 57.9 Å². The zero-order valence-corrected chi connectivity index (χ0v) is 44.6. The monoisotopic (exact) mass is 1040 g/mol.